The molecule has 0 saturated carbocycles. The SMILES string of the molecule is Cc1cccnc1N1C(=O)c2ccc([N+](=O)[O-])cc2C1=O. The molecular weight excluding hydrogens is 274 g/mol. The standard InChI is InChI=1S/C14H9N3O4/c1-8-3-2-6-15-12(8)16-13(18)10-5-4-9(17(20)21)7-11(10)14(16)19/h2-7H,1H3. The lowest BCUT2D eigenvalue weighted by Gasteiger charge is -2.14. The molecule has 1 aromatic heterocycles. The predicted octanol–water partition coefficient (Wildman–Crippen LogP) is 2.10. The highest BCUT2D eigenvalue weighted by Crippen LogP contribution is 2.30. The number of hydrogen-bond acceptors (Lipinski definition) is 5. The van der Waals surface area contributed by atoms with Crippen LogP contribution in [0.2, 0.25) is 0 Å². The second kappa shape index (κ2) is 4.48. The highest BCUT2D eigenvalue weighted by molar-refractivity contribution is 6.34. The molecule has 2 amide bonds. The molecular formula is C14H9N3O4. The van der Waals surface area contributed by atoms with Gasteiger partial charge in [0.05, 0.1) is 16.1 Å². The molecule has 0 unspecified atom stereocenters. The molecule has 21 heavy (non-hydrogen) atoms. The first-order valence-corrected chi connectivity index (χ1v) is 6.09. The average molecular weight is 283 g/mol. The number of rotatable bonds is 2. The topological polar surface area (TPSA) is 93.4 Å². The fourth-order valence-corrected chi connectivity index (χ4v) is 2.25. The van der Waals surface area contributed by atoms with E-state index in [4.69, 9.17) is 0 Å². The number of benzene rings is 1. The van der Waals surface area contributed by atoms with E-state index in [1.54, 1.807) is 19.1 Å². The molecule has 7 heteroatoms. The Kier molecular flexibility index (Phi) is 2.76. The van der Waals surface area contributed by atoms with Crippen molar-refractivity contribution in [3.05, 3.63) is 63.3 Å². The summed E-state index contributed by atoms with van der Waals surface area (Å²) in [4.78, 5) is 39.9. The Morgan fingerprint density at radius 3 is 2.52 bits per heavy atom. The summed E-state index contributed by atoms with van der Waals surface area (Å²) in [5.74, 6) is -0.876. The van der Waals surface area contributed by atoms with E-state index in [0.717, 1.165) is 11.0 Å². The monoisotopic (exact) mass is 283 g/mol. The number of non-ortho nitro benzene ring substituents is 1. The number of nitro benzene ring substituents is 1. The number of nitrogens with zero attached hydrogens (tertiary/aromatic N) is 3. The van der Waals surface area contributed by atoms with Crippen LogP contribution in [0.25, 0.3) is 0 Å². The third-order valence-electron chi connectivity index (χ3n) is 3.27. The van der Waals surface area contributed by atoms with Gasteiger partial charge in [-0.05, 0) is 24.6 Å². The highest BCUT2D eigenvalue weighted by Gasteiger charge is 2.39. The summed E-state index contributed by atoms with van der Waals surface area (Å²) >= 11 is 0. The molecule has 0 bridgehead atoms. The fraction of sp³-hybridized carbons (Fsp3) is 0.0714. The first kappa shape index (κ1) is 12.9. The molecule has 0 spiro atoms. The van der Waals surface area contributed by atoms with E-state index >= 15 is 0 Å². The summed E-state index contributed by atoms with van der Waals surface area (Å²) in [6.07, 6.45) is 1.48. The Morgan fingerprint density at radius 2 is 1.86 bits per heavy atom. The van der Waals surface area contributed by atoms with Gasteiger partial charge in [0.15, 0.2) is 0 Å². The van der Waals surface area contributed by atoms with Crippen molar-refractivity contribution in [3.8, 4) is 0 Å². The van der Waals surface area contributed by atoms with Gasteiger partial charge in [0, 0.05) is 18.3 Å². The van der Waals surface area contributed by atoms with Gasteiger partial charge in [0.2, 0.25) is 0 Å². The number of anilines is 1. The van der Waals surface area contributed by atoms with E-state index in [9.17, 15) is 19.7 Å². The second-order valence-corrected chi connectivity index (χ2v) is 4.58. The summed E-state index contributed by atoms with van der Waals surface area (Å²) in [7, 11) is 0. The largest absolute Gasteiger partial charge is 0.270 e. The van der Waals surface area contributed by atoms with Crippen molar-refractivity contribution in [2.75, 3.05) is 4.90 Å². The number of amides is 2. The number of aryl methyl sites for hydroxylation is 1. The zero-order valence-corrected chi connectivity index (χ0v) is 10.9. The van der Waals surface area contributed by atoms with Gasteiger partial charge in [-0.1, -0.05) is 6.07 Å². The number of fused-ring (bicyclic) bond motifs is 1. The molecule has 1 aliphatic heterocycles. The van der Waals surface area contributed by atoms with Crippen molar-refractivity contribution in [1.29, 1.82) is 0 Å². The smallest absolute Gasteiger partial charge is 0.268 e. The van der Waals surface area contributed by atoms with Gasteiger partial charge in [-0.2, -0.15) is 0 Å². The van der Waals surface area contributed by atoms with Crippen molar-refractivity contribution in [1.82, 2.24) is 4.98 Å². The maximum atomic E-state index is 12.4. The molecule has 1 aromatic carbocycles. The van der Waals surface area contributed by atoms with Gasteiger partial charge in [-0.3, -0.25) is 19.7 Å². The molecule has 1 aliphatic rings. The van der Waals surface area contributed by atoms with Gasteiger partial charge in [-0.25, -0.2) is 9.88 Å². The minimum absolute atomic E-state index is 0.0271. The zero-order chi connectivity index (χ0) is 15.1. The van der Waals surface area contributed by atoms with Crippen LogP contribution in [-0.4, -0.2) is 21.7 Å². The van der Waals surface area contributed by atoms with E-state index in [1.807, 2.05) is 0 Å². The summed E-state index contributed by atoms with van der Waals surface area (Å²) in [6.45, 7) is 1.73. The van der Waals surface area contributed by atoms with Crippen LogP contribution < -0.4 is 4.90 Å². The minimum Gasteiger partial charge on any atom is -0.268 e. The van der Waals surface area contributed by atoms with E-state index < -0.39 is 16.7 Å². The van der Waals surface area contributed by atoms with E-state index in [2.05, 4.69) is 4.98 Å². The van der Waals surface area contributed by atoms with E-state index in [0.29, 0.717) is 5.56 Å². The number of hydrogen-bond donors (Lipinski definition) is 0. The summed E-state index contributed by atoms with van der Waals surface area (Å²) in [6, 6.07) is 7.05. The Balaban J connectivity index is 2.13. The van der Waals surface area contributed by atoms with Crippen LogP contribution in [0.15, 0.2) is 36.5 Å². The van der Waals surface area contributed by atoms with Crippen LogP contribution in [0.5, 0.6) is 0 Å². The molecule has 0 radical (unpaired) electrons. The van der Waals surface area contributed by atoms with Crippen LogP contribution in [0, 0.1) is 17.0 Å². The predicted molar refractivity (Wildman–Crippen MR) is 73.2 cm³/mol. The molecule has 2 heterocycles. The third-order valence-corrected chi connectivity index (χ3v) is 3.27. The normalized spacial score (nSPS) is 13.5. The molecule has 0 atom stereocenters. The summed E-state index contributed by atoms with van der Waals surface area (Å²) < 4.78 is 0. The number of aromatic nitrogens is 1. The van der Waals surface area contributed by atoms with Crippen LogP contribution in [0.4, 0.5) is 11.5 Å². The van der Waals surface area contributed by atoms with Crippen LogP contribution >= 0.6 is 0 Å². The summed E-state index contributed by atoms with van der Waals surface area (Å²) in [5.41, 5.74) is 0.617. The molecule has 0 N–H and O–H groups in total. The van der Waals surface area contributed by atoms with Gasteiger partial charge in [0.25, 0.3) is 17.5 Å². The van der Waals surface area contributed by atoms with Crippen molar-refractivity contribution in [2.45, 2.75) is 6.92 Å². The first-order valence-electron chi connectivity index (χ1n) is 6.09. The fourth-order valence-electron chi connectivity index (χ4n) is 2.25. The van der Waals surface area contributed by atoms with E-state index in [1.165, 1.54) is 18.3 Å². The van der Waals surface area contributed by atoms with Crippen molar-refractivity contribution in [3.63, 3.8) is 0 Å². The van der Waals surface area contributed by atoms with Crippen molar-refractivity contribution >= 4 is 23.3 Å². The Bertz CT molecular complexity index is 801. The number of pyridine rings is 1. The van der Waals surface area contributed by atoms with Gasteiger partial charge in [-0.15, -0.1) is 0 Å². The van der Waals surface area contributed by atoms with Gasteiger partial charge < -0.3 is 0 Å². The van der Waals surface area contributed by atoms with Gasteiger partial charge >= 0.3 is 0 Å². The lowest BCUT2D eigenvalue weighted by Crippen LogP contribution is -2.30. The Hall–Kier alpha value is -3.09. The minimum atomic E-state index is -0.604. The first-order chi connectivity index (χ1) is 10.0. The molecule has 7 nitrogen and oxygen atoms in total. The van der Waals surface area contributed by atoms with Crippen LogP contribution in [0.1, 0.15) is 26.3 Å². The number of nitro groups is 1. The molecule has 0 fully saturated rings. The van der Waals surface area contributed by atoms with Crippen LogP contribution in [-0.2, 0) is 0 Å². The van der Waals surface area contributed by atoms with E-state index in [-0.39, 0.29) is 22.6 Å². The summed E-state index contributed by atoms with van der Waals surface area (Å²) in [5, 5.41) is 10.8. The zero-order valence-electron chi connectivity index (χ0n) is 10.9. The Labute approximate surface area is 119 Å². The quantitative estimate of drug-likeness (QED) is 0.478. The molecule has 104 valence electrons. The Morgan fingerprint density at radius 1 is 1.14 bits per heavy atom. The third kappa shape index (κ3) is 1.86. The lowest BCUT2D eigenvalue weighted by molar-refractivity contribution is -0.384. The molecule has 2 aromatic rings. The number of imide groups is 1. The maximum absolute atomic E-state index is 12.4. The van der Waals surface area contributed by atoms with Gasteiger partial charge in [0.1, 0.15) is 5.82 Å². The number of carbonyl (C=O) groups excluding carboxylic acids is 2. The second-order valence-electron chi connectivity index (χ2n) is 4.58. The van der Waals surface area contributed by atoms with Crippen molar-refractivity contribution < 1.29 is 14.5 Å². The lowest BCUT2D eigenvalue weighted by atomic mass is 10.1. The van der Waals surface area contributed by atoms with Crippen molar-refractivity contribution in [2.24, 2.45) is 0 Å². The molecule has 0 saturated heterocycles. The average Bonchev–Trinajstić information content (AvgIpc) is 2.71. The number of carbonyl (C=O) groups is 2. The maximum Gasteiger partial charge on any atom is 0.270 e. The molecule has 3 rings (SSSR count). The molecule has 0 aliphatic carbocycles. The highest BCUT2D eigenvalue weighted by atomic mass is 16.6. The van der Waals surface area contributed by atoms with Crippen LogP contribution in [0.3, 0.4) is 0 Å².